The van der Waals surface area contributed by atoms with Gasteiger partial charge in [-0.1, -0.05) is 18.5 Å². The maximum absolute atomic E-state index is 13.5. The van der Waals surface area contributed by atoms with E-state index in [0.717, 1.165) is 12.1 Å². The molecule has 1 amide bonds. The van der Waals surface area contributed by atoms with Crippen LogP contribution in [0.5, 0.6) is 5.75 Å². The molecule has 1 unspecified atom stereocenters. The molecular weight excluding hydrogens is 312 g/mol. The molecule has 22 heavy (non-hydrogen) atoms. The van der Waals surface area contributed by atoms with Crippen molar-refractivity contribution in [3.05, 3.63) is 59.1 Å². The van der Waals surface area contributed by atoms with Crippen molar-refractivity contribution in [2.75, 3.05) is 5.32 Å². The third kappa shape index (κ3) is 4.18. The van der Waals surface area contributed by atoms with Crippen LogP contribution in [-0.4, -0.2) is 12.0 Å². The number of nitrogens with one attached hydrogen (secondary N) is 1. The molecule has 0 saturated carbocycles. The zero-order valence-electron chi connectivity index (χ0n) is 11.8. The van der Waals surface area contributed by atoms with E-state index >= 15 is 0 Å². The van der Waals surface area contributed by atoms with Gasteiger partial charge in [-0.3, -0.25) is 4.79 Å². The number of hydrogen-bond acceptors (Lipinski definition) is 2. The molecule has 0 aromatic heterocycles. The van der Waals surface area contributed by atoms with Crippen molar-refractivity contribution in [1.82, 2.24) is 0 Å². The first-order valence-corrected chi connectivity index (χ1v) is 7.05. The van der Waals surface area contributed by atoms with Crippen molar-refractivity contribution >= 4 is 23.2 Å². The fraction of sp³-hybridized carbons (Fsp3) is 0.188. The van der Waals surface area contributed by atoms with Gasteiger partial charge in [0, 0.05) is 11.1 Å². The minimum Gasteiger partial charge on any atom is -0.481 e. The number of carbonyl (C=O) groups excluding carboxylic acids is 1. The van der Waals surface area contributed by atoms with Crippen LogP contribution in [-0.2, 0) is 4.79 Å². The van der Waals surface area contributed by atoms with E-state index in [2.05, 4.69) is 5.32 Å². The van der Waals surface area contributed by atoms with Crippen LogP contribution in [0.3, 0.4) is 0 Å². The van der Waals surface area contributed by atoms with Crippen molar-refractivity contribution in [2.45, 2.75) is 19.4 Å². The summed E-state index contributed by atoms with van der Waals surface area (Å²) in [5.74, 6) is -1.58. The molecule has 0 aliphatic carbocycles. The predicted molar refractivity (Wildman–Crippen MR) is 81.1 cm³/mol. The number of ether oxygens (including phenoxy) is 1. The Morgan fingerprint density at radius 2 is 1.91 bits per heavy atom. The zero-order valence-corrected chi connectivity index (χ0v) is 12.5. The molecule has 3 nitrogen and oxygen atoms in total. The van der Waals surface area contributed by atoms with Crippen molar-refractivity contribution in [3.63, 3.8) is 0 Å². The van der Waals surface area contributed by atoms with Gasteiger partial charge in [0.15, 0.2) is 6.10 Å². The molecule has 116 valence electrons. The van der Waals surface area contributed by atoms with Gasteiger partial charge in [0.25, 0.3) is 5.91 Å². The minimum atomic E-state index is -0.838. The van der Waals surface area contributed by atoms with Crippen molar-refractivity contribution in [3.8, 4) is 5.75 Å². The molecule has 0 heterocycles. The standard InChI is InChI=1S/C16H14ClF2NO2/c1-2-15(22-12-6-3-10(17)4-7-12)16(21)20-14-8-5-11(18)9-13(14)19/h3-9,15H,2H2,1H3,(H,20,21). The summed E-state index contributed by atoms with van der Waals surface area (Å²) in [6, 6.07) is 9.49. The van der Waals surface area contributed by atoms with Crippen molar-refractivity contribution in [2.24, 2.45) is 0 Å². The molecule has 1 atom stereocenters. The molecule has 1 N–H and O–H groups in total. The first-order valence-electron chi connectivity index (χ1n) is 6.67. The van der Waals surface area contributed by atoms with Gasteiger partial charge < -0.3 is 10.1 Å². The van der Waals surface area contributed by atoms with Crippen LogP contribution in [0.4, 0.5) is 14.5 Å². The lowest BCUT2D eigenvalue weighted by atomic mass is 10.2. The van der Waals surface area contributed by atoms with E-state index in [1.54, 1.807) is 31.2 Å². The summed E-state index contributed by atoms with van der Waals surface area (Å²) in [5.41, 5.74) is -0.0930. The van der Waals surface area contributed by atoms with E-state index in [9.17, 15) is 13.6 Å². The molecule has 0 radical (unpaired) electrons. The van der Waals surface area contributed by atoms with Gasteiger partial charge >= 0.3 is 0 Å². The van der Waals surface area contributed by atoms with E-state index in [4.69, 9.17) is 16.3 Å². The van der Waals surface area contributed by atoms with Gasteiger partial charge in [0.1, 0.15) is 17.4 Å². The molecule has 2 rings (SSSR count). The van der Waals surface area contributed by atoms with Gasteiger partial charge in [0.05, 0.1) is 5.69 Å². The highest BCUT2D eigenvalue weighted by atomic mass is 35.5. The van der Waals surface area contributed by atoms with E-state index in [-0.39, 0.29) is 5.69 Å². The van der Waals surface area contributed by atoms with Crippen LogP contribution < -0.4 is 10.1 Å². The second-order valence-electron chi connectivity index (χ2n) is 4.58. The highest BCUT2D eigenvalue weighted by Crippen LogP contribution is 2.19. The molecular formula is C16H14ClF2NO2. The fourth-order valence-corrected chi connectivity index (χ4v) is 1.93. The number of rotatable bonds is 5. The van der Waals surface area contributed by atoms with Crippen LogP contribution in [0.1, 0.15) is 13.3 Å². The summed E-state index contributed by atoms with van der Waals surface area (Å²) in [4.78, 5) is 12.1. The first-order chi connectivity index (χ1) is 10.5. The van der Waals surface area contributed by atoms with Crippen LogP contribution >= 0.6 is 11.6 Å². The smallest absolute Gasteiger partial charge is 0.265 e. The third-order valence-electron chi connectivity index (χ3n) is 2.94. The average molecular weight is 326 g/mol. The highest BCUT2D eigenvalue weighted by molar-refractivity contribution is 6.30. The number of amides is 1. The lowest BCUT2D eigenvalue weighted by molar-refractivity contribution is -0.122. The van der Waals surface area contributed by atoms with Gasteiger partial charge in [-0.15, -0.1) is 0 Å². The average Bonchev–Trinajstić information content (AvgIpc) is 2.49. The maximum Gasteiger partial charge on any atom is 0.265 e. The van der Waals surface area contributed by atoms with Gasteiger partial charge in [-0.25, -0.2) is 8.78 Å². The molecule has 2 aromatic carbocycles. The molecule has 6 heteroatoms. The Bertz CT molecular complexity index is 662. The van der Waals surface area contributed by atoms with Crippen molar-refractivity contribution in [1.29, 1.82) is 0 Å². The summed E-state index contributed by atoms with van der Waals surface area (Å²) >= 11 is 5.78. The van der Waals surface area contributed by atoms with Gasteiger partial charge in [-0.2, -0.15) is 0 Å². The Morgan fingerprint density at radius 1 is 1.23 bits per heavy atom. The Labute approximate surface area is 131 Å². The van der Waals surface area contributed by atoms with E-state index in [1.165, 1.54) is 0 Å². The minimum absolute atomic E-state index is 0.0930. The largest absolute Gasteiger partial charge is 0.481 e. The Kier molecular flexibility index (Phi) is 5.33. The van der Waals surface area contributed by atoms with E-state index in [0.29, 0.717) is 23.3 Å². The van der Waals surface area contributed by atoms with Gasteiger partial charge in [0.2, 0.25) is 0 Å². The Balaban J connectivity index is 2.06. The summed E-state index contributed by atoms with van der Waals surface area (Å²) in [6.45, 7) is 1.77. The summed E-state index contributed by atoms with van der Waals surface area (Å²) < 4.78 is 31.9. The molecule has 2 aromatic rings. The number of halogens is 3. The molecule has 0 aliphatic rings. The SMILES string of the molecule is CCC(Oc1ccc(Cl)cc1)C(=O)Nc1ccc(F)cc1F. The molecule has 0 aliphatic heterocycles. The molecule has 0 spiro atoms. The molecule has 0 fully saturated rings. The highest BCUT2D eigenvalue weighted by Gasteiger charge is 2.20. The second-order valence-corrected chi connectivity index (χ2v) is 5.02. The zero-order chi connectivity index (χ0) is 16.1. The first kappa shape index (κ1) is 16.2. The van der Waals surface area contributed by atoms with Gasteiger partial charge in [-0.05, 0) is 42.8 Å². The lowest BCUT2D eigenvalue weighted by Crippen LogP contribution is -2.32. The Hall–Kier alpha value is -2.14. The van der Waals surface area contributed by atoms with E-state index in [1.807, 2.05) is 0 Å². The summed E-state index contributed by atoms with van der Waals surface area (Å²) in [7, 11) is 0. The monoisotopic (exact) mass is 325 g/mol. The third-order valence-corrected chi connectivity index (χ3v) is 3.20. The Morgan fingerprint density at radius 3 is 2.50 bits per heavy atom. The second kappa shape index (κ2) is 7.22. The predicted octanol–water partition coefficient (Wildman–Crippen LogP) is 4.41. The van der Waals surface area contributed by atoms with Crippen LogP contribution in [0.2, 0.25) is 5.02 Å². The number of benzene rings is 2. The van der Waals surface area contributed by atoms with Crippen LogP contribution in [0, 0.1) is 11.6 Å². The van der Waals surface area contributed by atoms with E-state index < -0.39 is 23.6 Å². The lowest BCUT2D eigenvalue weighted by Gasteiger charge is -2.17. The normalized spacial score (nSPS) is 11.8. The van der Waals surface area contributed by atoms with Crippen molar-refractivity contribution < 1.29 is 18.3 Å². The quantitative estimate of drug-likeness (QED) is 0.884. The topological polar surface area (TPSA) is 38.3 Å². The number of anilines is 1. The molecule has 0 saturated heterocycles. The van der Waals surface area contributed by atoms with Crippen LogP contribution in [0.25, 0.3) is 0 Å². The fourth-order valence-electron chi connectivity index (χ4n) is 1.80. The molecule has 0 bridgehead atoms. The van der Waals surface area contributed by atoms with Crippen LogP contribution in [0.15, 0.2) is 42.5 Å². The number of hydrogen-bond donors (Lipinski definition) is 1. The maximum atomic E-state index is 13.5. The number of carbonyl (C=O) groups is 1. The summed E-state index contributed by atoms with van der Waals surface area (Å²) in [6.07, 6.45) is -0.414. The summed E-state index contributed by atoms with van der Waals surface area (Å²) in [5, 5.41) is 2.94.